The van der Waals surface area contributed by atoms with Crippen LogP contribution in [-0.2, 0) is 4.79 Å². The molecule has 2 aromatic carbocycles. The van der Waals surface area contributed by atoms with Gasteiger partial charge in [0.25, 0.3) is 0 Å². The number of phenolic OH excluding ortho intramolecular Hbond substituents is 1. The van der Waals surface area contributed by atoms with Crippen LogP contribution in [0.5, 0.6) is 17.2 Å². The summed E-state index contributed by atoms with van der Waals surface area (Å²) in [6, 6.07) is 11.7. The number of hydrogen-bond acceptors (Lipinski definition) is 10. The average Bonchev–Trinajstić information content (AvgIpc) is 3.58. The normalized spacial score (nSPS) is 14.2. The van der Waals surface area contributed by atoms with Crippen LogP contribution in [-0.4, -0.2) is 63.7 Å². The molecule has 1 saturated carbocycles. The van der Waals surface area contributed by atoms with Gasteiger partial charge in [-0.15, -0.1) is 0 Å². The molecule has 1 saturated heterocycles. The van der Waals surface area contributed by atoms with Gasteiger partial charge >= 0.3 is 0 Å². The minimum absolute atomic E-state index is 0.0685. The third-order valence-electron chi connectivity index (χ3n) is 6.80. The SMILES string of the molecule is CC.COc1cc(O)cc(-c2nc(NC3CC3)sc2-c2ccnc(Nc3ccc(OCCN4CCCC4=O)c(F)c3)n2)c1. The Balaban J connectivity index is 0.00000180. The molecule has 10 nitrogen and oxygen atoms in total. The number of methoxy groups -OCH3 is 1. The van der Waals surface area contributed by atoms with Crippen LogP contribution < -0.4 is 20.1 Å². The lowest BCUT2D eigenvalue weighted by Crippen LogP contribution is -2.29. The summed E-state index contributed by atoms with van der Waals surface area (Å²) in [4.78, 5) is 28.1. The molecule has 43 heavy (non-hydrogen) atoms. The summed E-state index contributed by atoms with van der Waals surface area (Å²) < 4.78 is 25.7. The second kappa shape index (κ2) is 13.7. The molecule has 0 atom stereocenters. The van der Waals surface area contributed by atoms with Crippen LogP contribution in [0.15, 0.2) is 48.7 Å². The maximum Gasteiger partial charge on any atom is 0.227 e. The molecule has 0 spiro atoms. The van der Waals surface area contributed by atoms with E-state index in [9.17, 15) is 14.3 Å². The zero-order valence-corrected chi connectivity index (χ0v) is 25.2. The monoisotopic (exact) mass is 606 g/mol. The summed E-state index contributed by atoms with van der Waals surface area (Å²) in [6.07, 6.45) is 5.24. The zero-order valence-electron chi connectivity index (χ0n) is 24.4. The van der Waals surface area contributed by atoms with Crippen molar-refractivity contribution in [2.75, 3.05) is 37.4 Å². The first-order valence-electron chi connectivity index (χ1n) is 14.4. The minimum Gasteiger partial charge on any atom is -0.508 e. The topological polar surface area (TPSA) is 122 Å². The number of aromatic nitrogens is 3. The molecule has 1 aliphatic heterocycles. The van der Waals surface area contributed by atoms with E-state index in [0.29, 0.717) is 47.4 Å². The highest BCUT2D eigenvalue weighted by Crippen LogP contribution is 2.42. The Morgan fingerprint density at radius 2 is 1.98 bits per heavy atom. The number of nitrogens with one attached hydrogen (secondary N) is 2. The van der Waals surface area contributed by atoms with Crippen LogP contribution >= 0.6 is 11.3 Å². The molecule has 226 valence electrons. The number of carbonyl (C=O) groups excluding carboxylic acids is 1. The zero-order chi connectivity index (χ0) is 30.3. The molecule has 3 N–H and O–H groups in total. The molecule has 3 heterocycles. The Labute approximate surface area is 253 Å². The number of amides is 1. The van der Waals surface area contributed by atoms with Crippen LogP contribution in [0.25, 0.3) is 21.8 Å². The number of phenols is 1. The van der Waals surface area contributed by atoms with Crippen LogP contribution in [0, 0.1) is 5.82 Å². The van der Waals surface area contributed by atoms with Crippen molar-refractivity contribution < 1.29 is 23.8 Å². The van der Waals surface area contributed by atoms with Crippen molar-refractivity contribution in [3.05, 3.63) is 54.5 Å². The third-order valence-corrected chi connectivity index (χ3v) is 7.81. The van der Waals surface area contributed by atoms with Crippen molar-refractivity contribution in [2.24, 2.45) is 0 Å². The van der Waals surface area contributed by atoms with E-state index in [1.807, 2.05) is 19.9 Å². The Hall–Kier alpha value is -4.45. The van der Waals surface area contributed by atoms with Gasteiger partial charge in [-0.25, -0.2) is 19.3 Å². The molecule has 1 aliphatic carbocycles. The lowest BCUT2D eigenvalue weighted by Gasteiger charge is -2.16. The lowest BCUT2D eigenvalue weighted by molar-refractivity contribution is -0.128. The molecule has 2 aromatic heterocycles. The standard InChI is InChI=1S/C29H29FN6O4S.C2H6/c1-39-21-14-17(13-20(37)16-21)26-27(41-29(35-26)33-18-4-5-18)23-8-9-31-28(34-23)32-19-6-7-24(22(30)15-19)40-12-11-36-10-2-3-25(36)38;1-2/h6-9,13-16,18,37H,2-5,10-12H2,1H3,(H,33,35)(H,31,32,34);1-2H3. The first kappa shape index (κ1) is 30.0. The van der Waals surface area contributed by atoms with Gasteiger partial charge in [0.05, 0.1) is 29.9 Å². The van der Waals surface area contributed by atoms with Crippen molar-refractivity contribution in [3.8, 4) is 39.1 Å². The average molecular weight is 607 g/mol. The molecule has 0 unspecified atom stereocenters. The maximum absolute atomic E-state index is 14.8. The highest BCUT2D eigenvalue weighted by atomic mass is 32.1. The van der Waals surface area contributed by atoms with E-state index in [0.717, 1.165) is 35.8 Å². The predicted molar refractivity (Wildman–Crippen MR) is 166 cm³/mol. The number of carbonyl (C=O) groups is 1. The van der Waals surface area contributed by atoms with Crippen LogP contribution in [0.2, 0.25) is 0 Å². The maximum atomic E-state index is 14.8. The van der Waals surface area contributed by atoms with Crippen molar-refractivity contribution in [1.82, 2.24) is 19.9 Å². The van der Waals surface area contributed by atoms with Crippen molar-refractivity contribution in [2.45, 2.75) is 45.6 Å². The van der Waals surface area contributed by atoms with E-state index >= 15 is 0 Å². The fourth-order valence-corrected chi connectivity index (χ4v) is 5.60. The molecule has 2 aliphatic rings. The molecule has 6 rings (SSSR count). The number of nitrogens with zero attached hydrogens (tertiary/aromatic N) is 4. The van der Waals surface area contributed by atoms with Gasteiger partial charge in [0, 0.05) is 48.6 Å². The van der Waals surface area contributed by atoms with Gasteiger partial charge in [-0.3, -0.25) is 4.79 Å². The van der Waals surface area contributed by atoms with Gasteiger partial charge in [-0.1, -0.05) is 25.2 Å². The molecule has 0 bridgehead atoms. The van der Waals surface area contributed by atoms with E-state index in [1.165, 1.54) is 23.5 Å². The summed E-state index contributed by atoms with van der Waals surface area (Å²) in [7, 11) is 1.54. The van der Waals surface area contributed by atoms with Gasteiger partial charge in [0.2, 0.25) is 11.9 Å². The van der Waals surface area contributed by atoms with Crippen molar-refractivity contribution in [1.29, 1.82) is 0 Å². The van der Waals surface area contributed by atoms with Crippen LogP contribution in [0.3, 0.4) is 0 Å². The largest absolute Gasteiger partial charge is 0.508 e. The Morgan fingerprint density at radius 1 is 1.14 bits per heavy atom. The van der Waals surface area contributed by atoms with Crippen LogP contribution in [0.1, 0.15) is 39.5 Å². The first-order valence-corrected chi connectivity index (χ1v) is 15.2. The van der Waals surface area contributed by atoms with Gasteiger partial charge in [0.1, 0.15) is 18.1 Å². The Bertz CT molecular complexity index is 1580. The van der Waals surface area contributed by atoms with Gasteiger partial charge in [0.15, 0.2) is 16.7 Å². The number of likely N-dealkylation sites (tertiary alicyclic amines) is 1. The molecule has 12 heteroatoms. The number of thiazole rings is 1. The summed E-state index contributed by atoms with van der Waals surface area (Å²) >= 11 is 1.47. The molecule has 1 amide bonds. The van der Waals surface area contributed by atoms with E-state index in [-0.39, 0.29) is 30.0 Å². The van der Waals surface area contributed by atoms with E-state index < -0.39 is 5.82 Å². The lowest BCUT2D eigenvalue weighted by atomic mass is 10.1. The molecular formula is C31H35FN6O4S. The number of anilines is 3. The van der Waals surface area contributed by atoms with Gasteiger partial charge in [-0.05, 0) is 49.6 Å². The number of rotatable bonds is 11. The summed E-state index contributed by atoms with van der Waals surface area (Å²) in [5.74, 6) is 0.561. The number of aromatic hydroxyl groups is 1. The Morgan fingerprint density at radius 3 is 2.70 bits per heavy atom. The number of halogens is 1. The third kappa shape index (κ3) is 7.50. The summed E-state index contributed by atoms with van der Waals surface area (Å²) in [5, 5.41) is 17.5. The summed E-state index contributed by atoms with van der Waals surface area (Å²) in [5.41, 5.74) is 2.43. The molecule has 2 fully saturated rings. The second-order valence-corrected chi connectivity index (χ2v) is 10.9. The fraction of sp³-hybridized carbons (Fsp3) is 0.355. The van der Waals surface area contributed by atoms with Crippen molar-refractivity contribution >= 4 is 34.0 Å². The van der Waals surface area contributed by atoms with E-state index in [4.69, 9.17) is 14.5 Å². The number of ether oxygens (including phenoxy) is 2. The number of benzene rings is 2. The molecular weight excluding hydrogens is 571 g/mol. The van der Waals surface area contributed by atoms with Crippen LogP contribution in [0.4, 0.5) is 21.2 Å². The smallest absolute Gasteiger partial charge is 0.227 e. The quantitative estimate of drug-likeness (QED) is 0.176. The fourth-order valence-electron chi connectivity index (χ4n) is 4.57. The van der Waals surface area contributed by atoms with E-state index in [1.54, 1.807) is 42.5 Å². The second-order valence-electron chi connectivity index (χ2n) is 9.90. The molecule has 0 radical (unpaired) electrons. The van der Waals surface area contributed by atoms with Gasteiger partial charge < -0.3 is 30.1 Å². The number of hydrogen-bond donors (Lipinski definition) is 3. The molecule has 4 aromatic rings. The Kier molecular flexibility index (Phi) is 9.55. The van der Waals surface area contributed by atoms with E-state index in [2.05, 4.69) is 20.6 Å². The highest BCUT2D eigenvalue weighted by Gasteiger charge is 2.25. The highest BCUT2D eigenvalue weighted by molar-refractivity contribution is 7.19. The minimum atomic E-state index is -0.530. The van der Waals surface area contributed by atoms with Crippen molar-refractivity contribution in [3.63, 3.8) is 0 Å². The van der Waals surface area contributed by atoms with Gasteiger partial charge in [-0.2, -0.15) is 0 Å². The summed E-state index contributed by atoms with van der Waals surface area (Å²) in [6.45, 7) is 5.38. The predicted octanol–water partition coefficient (Wildman–Crippen LogP) is 6.47. The first-order chi connectivity index (χ1) is 20.9.